The van der Waals surface area contributed by atoms with E-state index in [2.05, 4.69) is 5.32 Å². The Labute approximate surface area is 122 Å². The van der Waals surface area contributed by atoms with E-state index in [0.29, 0.717) is 29.9 Å². The van der Waals surface area contributed by atoms with Gasteiger partial charge in [0, 0.05) is 18.8 Å². The first-order valence-electron chi connectivity index (χ1n) is 6.73. The quantitative estimate of drug-likeness (QED) is 0.834. The maximum Gasteiger partial charge on any atom is 0.419 e. The Morgan fingerprint density at radius 2 is 2.19 bits per heavy atom. The molecule has 7 heteroatoms. The molecule has 1 atom stereocenters. The highest BCUT2D eigenvalue weighted by Crippen LogP contribution is 2.18. The molecule has 0 saturated heterocycles. The number of carbonyl (C=O) groups excluding carboxylic acids is 1. The minimum absolute atomic E-state index is 0.278. The van der Waals surface area contributed by atoms with Gasteiger partial charge >= 0.3 is 5.76 Å². The van der Waals surface area contributed by atoms with Crippen molar-refractivity contribution in [3.8, 4) is 0 Å². The zero-order chi connectivity index (χ0) is 15.6. The van der Waals surface area contributed by atoms with Gasteiger partial charge in [-0.1, -0.05) is 0 Å². The van der Waals surface area contributed by atoms with Gasteiger partial charge in [0.1, 0.15) is 0 Å². The molecule has 1 heterocycles. The molecule has 0 aliphatic carbocycles. The van der Waals surface area contributed by atoms with Crippen LogP contribution in [0.25, 0.3) is 11.1 Å². The van der Waals surface area contributed by atoms with Crippen molar-refractivity contribution in [2.45, 2.75) is 19.5 Å². The molecular weight excluding hydrogens is 272 g/mol. The van der Waals surface area contributed by atoms with Crippen LogP contribution in [0.2, 0.25) is 0 Å². The van der Waals surface area contributed by atoms with Crippen LogP contribution < -0.4 is 16.8 Å². The molecule has 21 heavy (non-hydrogen) atoms. The smallest absolute Gasteiger partial charge is 0.408 e. The predicted molar refractivity (Wildman–Crippen MR) is 81.3 cm³/mol. The fourth-order valence-corrected chi connectivity index (χ4v) is 1.91. The van der Waals surface area contributed by atoms with Gasteiger partial charge in [-0.05, 0) is 39.2 Å². The predicted octanol–water partition coefficient (Wildman–Crippen LogP) is 0.442. The molecule has 1 aromatic carbocycles. The molecule has 1 unspecified atom stereocenters. The highest BCUT2D eigenvalue weighted by atomic mass is 16.4. The number of nitrogens with two attached hydrogens (primary N) is 1. The molecule has 2 aromatic rings. The first-order chi connectivity index (χ1) is 9.88. The molecule has 1 amide bonds. The largest absolute Gasteiger partial charge is 0.419 e. The number of aromatic nitrogens is 1. The number of oxazole rings is 1. The summed E-state index contributed by atoms with van der Waals surface area (Å²) in [7, 11) is 3.86. The van der Waals surface area contributed by atoms with Crippen molar-refractivity contribution in [2.75, 3.05) is 26.0 Å². The summed E-state index contributed by atoms with van der Waals surface area (Å²) in [6.45, 7) is 2.84. The van der Waals surface area contributed by atoms with E-state index in [9.17, 15) is 9.59 Å². The van der Waals surface area contributed by atoms with Crippen LogP contribution in [0.4, 0.5) is 5.69 Å². The first kappa shape index (κ1) is 15.3. The Kier molecular flexibility index (Phi) is 4.44. The van der Waals surface area contributed by atoms with Crippen molar-refractivity contribution in [1.82, 2.24) is 9.47 Å². The second-order valence-corrected chi connectivity index (χ2v) is 5.28. The number of carbonyl (C=O) groups is 1. The van der Waals surface area contributed by atoms with Crippen molar-refractivity contribution in [3.63, 3.8) is 0 Å². The summed E-state index contributed by atoms with van der Waals surface area (Å²) in [5.74, 6) is -0.678. The van der Waals surface area contributed by atoms with E-state index in [1.807, 2.05) is 19.0 Å². The number of amides is 1. The topological polar surface area (TPSA) is 93.5 Å². The molecule has 0 aliphatic rings. The number of hydrogen-bond acceptors (Lipinski definition) is 5. The van der Waals surface area contributed by atoms with Crippen molar-refractivity contribution in [2.24, 2.45) is 5.73 Å². The van der Waals surface area contributed by atoms with Gasteiger partial charge in [-0.2, -0.15) is 0 Å². The SMILES string of the molecule is CC(N)C(=O)Nc1ccc2oc(=O)n(CCN(C)C)c2c1. The summed E-state index contributed by atoms with van der Waals surface area (Å²) in [5, 5.41) is 2.70. The number of anilines is 1. The minimum atomic E-state index is -0.596. The van der Waals surface area contributed by atoms with Gasteiger partial charge < -0.3 is 20.4 Å². The van der Waals surface area contributed by atoms with Gasteiger partial charge in [-0.25, -0.2) is 4.79 Å². The van der Waals surface area contributed by atoms with E-state index in [0.717, 1.165) is 0 Å². The summed E-state index contributed by atoms with van der Waals surface area (Å²) >= 11 is 0. The van der Waals surface area contributed by atoms with E-state index >= 15 is 0 Å². The lowest BCUT2D eigenvalue weighted by molar-refractivity contribution is -0.117. The number of likely N-dealkylation sites (N-methyl/N-ethyl adjacent to an activating group) is 1. The van der Waals surface area contributed by atoms with Crippen LogP contribution >= 0.6 is 0 Å². The van der Waals surface area contributed by atoms with Crippen molar-refractivity contribution in [1.29, 1.82) is 0 Å². The molecule has 0 aliphatic heterocycles. The zero-order valence-corrected chi connectivity index (χ0v) is 12.4. The Hall–Kier alpha value is -2.12. The average molecular weight is 292 g/mol. The Balaban J connectivity index is 2.34. The standard InChI is InChI=1S/C14H20N4O3/c1-9(15)13(19)16-10-4-5-12-11(8-10)18(14(20)21-12)7-6-17(2)3/h4-5,8-9H,6-7,15H2,1-3H3,(H,16,19). The second-order valence-electron chi connectivity index (χ2n) is 5.28. The first-order valence-corrected chi connectivity index (χ1v) is 6.73. The molecule has 7 nitrogen and oxygen atoms in total. The van der Waals surface area contributed by atoms with Crippen LogP contribution in [0.5, 0.6) is 0 Å². The van der Waals surface area contributed by atoms with Crippen molar-refractivity contribution < 1.29 is 9.21 Å². The van der Waals surface area contributed by atoms with Crippen molar-refractivity contribution >= 4 is 22.7 Å². The highest BCUT2D eigenvalue weighted by molar-refractivity contribution is 5.95. The molecule has 0 fully saturated rings. The molecule has 2 rings (SSSR count). The van der Waals surface area contributed by atoms with E-state index < -0.39 is 11.8 Å². The van der Waals surface area contributed by atoms with Gasteiger partial charge in [0.15, 0.2) is 5.58 Å². The number of rotatable bonds is 5. The highest BCUT2D eigenvalue weighted by Gasteiger charge is 2.12. The fraction of sp³-hybridized carbons (Fsp3) is 0.429. The zero-order valence-electron chi connectivity index (χ0n) is 12.4. The van der Waals surface area contributed by atoms with Crippen LogP contribution in [-0.4, -0.2) is 42.1 Å². The third kappa shape index (κ3) is 3.50. The summed E-state index contributed by atoms with van der Waals surface area (Å²) in [5.41, 5.74) is 7.26. The summed E-state index contributed by atoms with van der Waals surface area (Å²) < 4.78 is 6.74. The molecule has 3 N–H and O–H groups in total. The van der Waals surface area contributed by atoms with E-state index in [-0.39, 0.29) is 5.91 Å². The lowest BCUT2D eigenvalue weighted by Crippen LogP contribution is -2.32. The van der Waals surface area contributed by atoms with Gasteiger partial charge in [0.05, 0.1) is 11.6 Å². The molecule has 1 aromatic heterocycles. The van der Waals surface area contributed by atoms with Crippen molar-refractivity contribution in [3.05, 3.63) is 28.7 Å². The third-order valence-electron chi connectivity index (χ3n) is 3.12. The number of fused-ring (bicyclic) bond motifs is 1. The average Bonchev–Trinajstić information content (AvgIpc) is 2.71. The Morgan fingerprint density at radius 3 is 2.81 bits per heavy atom. The lowest BCUT2D eigenvalue weighted by atomic mass is 10.2. The molecule has 114 valence electrons. The molecule has 0 spiro atoms. The van der Waals surface area contributed by atoms with Crippen LogP contribution in [0.3, 0.4) is 0 Å². The maximum absolute atomic E-state index is 11.9. The number of nitrogens with zero attached hydrogens (tertiary/aromatic N) is 2. The molecule has 0 saturated carbocycles. The van der Waals surface area contributed by atoms with Crippen LogP contribution in [0.15, 0.2) is 27.4 Å². The normalized spacial score (nSPS) is 12.8. The van der Waals surface area contributed by atoms with Crippen LogP contribution in [0.1, 0.15) is 6.92 Å². The van der Waals surface area contributed by atoms with Gasteiger partial charge in [0.2, 0.25) is 5.91 Å². The van der Waals surface area contributed by atoms with E-state index in [4.69, 9.17) is 10.2 Å². The monoisotopic (exact) mass is 292 g/mol. The minimum Gasteiger partial charge on any atom is -0.408 e. The van der Waals surface area contributed by atoms with Gasteiger partial charge in [-0.15, -0.1) is 0 Å². The van der Waals surface area contributed by atoms with Gasteiger partial charge in [0.25, 0.3) is 0 Å². The lowest BCUT2D eigenvalue weighted by Gasteiger charge is -2.10. The number of nitrogens with one attached hydrogen (secondary N) is 1. The molecule has 0 radical (unpaired) electrons. The summed E-state index contributed by atoms with van der Waals surface area (Å²) in [4.78, 5) is 25.5. The second kappa shape index (κ2) is 6.11. The van der Waals surface area contributed by atoms with E-state index in [1.54, 1.807) is 29.7 Å². The van der Waals surface area contributed by atoms with Crippen LogP contribution in [-0.2, 0) is 11.3 Å². The summed E-state index contributed by atoms with van der Waals surface area (Å²) in [6, 6.07) is 4.47. The van der Waals surface area contributed by atoms with Crippen LogP contribution in [0, 0.1) is 0 Å². The maximum atomic E-state index is 11.9. The number of benzene rings is 1. The third-order valence-corrected chi connectivity index (χ3v) is 3.12. The van der Waals surface area contributed by atoms with E-state index in [1.165, 1.54) is 0 Å². The Morgan fingerprint density at radius 1 is 1.48 bits per heavy atom. The molecular formula is C14H20N4O3. The van der Waals surface area contributed by atoms with Gasteiger partial charge in [-0.3, -0.25) is 9.36 Å². The Bertz CT molecular complexity index is 700. The number of hydrogen-bond donors (Lipinski definition) is 2. The fourth-order valence-electron chi connectivity index (χ4n) is 1.91. The summed E-state index contributed by atoms with van der Waals surface area (Å²) in [6.07, 6.45) is 0. The molecule has 0 bridgehead atoms.